The van der Waals surface area contributed by atoms with Crippen molar-refractivity contribution in [2.45, 2.75) is 9.79 Å². The summed E-state index contributed by atoms with van der Waals surface area (Å²) in [6.07, 6.45) is 0. The maximum atomic E-state index is 13.6. The smallest absolute Gasteiger partial charge is 0.264 e. The predicted octanol–water partition coefficient (Wildman–Crippen LogP) is 4.35. The zero-order valence-electron chi connectivity index (χ0n) is 23.0. The highest BCUT2D eigenvalue weighted by Gasteiger charge is 2.29. The van der Waals surface area contributed by atoms with Gasteiger partial charge in [-0.25, -0.2) is 16.8 Å². The molecule has 4 rings (SSSR count). The Hall–Kier alpha value is -4.75. The summed E-state index contributed by atoms with van der Waals surface area (Å²) in [6, 6.07) is 24.3. The van der Waals surface area contributed by atoms with Crippen molar-refractivity contribution >= 4 is 43.0 Å². The van der Waals surface area contributed by atoms with Gasteiger partial charge in [0.15, 0.2) is 0 Å². The second-order valence-electron chi connectivity index (χ2n) is 8.74. The minimum Gasteiger partial charge on any atom is -0.497 e. The Bertz CT molecular complexity index is 1760. The fourth-order valence-corrected chi connectivity index (χ4v) is 6.51. The van der Waals surface area contributed by atoms with Crippen LogP contribution in [0.4, 0.5) is 17.1 Å². The molecule has 0 saturated heterocycles. The quantitative estimate of drug-likeness (QED) is 0.241. The van der Waals surface area contributed by atoms with Crippen molar-refractivity contribution in [3.8, 4) is 17.2 Å². The van der Waals surface area contributed by atoms with Crippen LogP contribution >= 0.6 is 0 Å². The van der Waals surface area contributed by atoms with Crippen LogP contribution in [0.3, 0.4) is 0 Å². The van der Waals surface area contributed by atoms with Gasteiger partial charge in [0, 0.05) is 11.8 Å². The second-order valence-corrected chi connectivity index (χ2v) is 12.3. The summed E-state index contributed by atoms with van der Waals surface area (Å²) in [5, 5.41) is 2.63. The van der Waals surface area contributed by atoms with Gasteiger partial charge in [0.1, 0.15) is 23.8 Å². The van der Waals surface area contributed by atoms with Crippen LogP contribution in [0.2, 0.25) is 0 Å². The number of anilines is 3. The number of benzene rings is 4. The molecule has 0 bridgehead atoms. The van der Waals surface area contributed by atoms with Crippen molar-refractivity contribution in [2.75, 3.05) is 42.2 Å². The summed E-state index contributed by atoms with van der Waals surface area (Å²) in [5.74, 6) is 0.339. The lowest BCUT2D eigenvalue weighted by molar-refractivity contribution is -0.114. The minimum atomic E-state index is -4.16. The first-order chi connectivity index (χ1) is 20.1. The van der Waals surface area contributed by atoms with Gasteiger partial charge in [0.05, 0.1) is 42.5 Å². The first kappa shape index (κ1) is 30.2. The van der Waals surface area contributed by atoms with E-state index in [1.165, 1.54) is 69.9 Å². The van der Waals surface area contributed by atoms with E-state index in [0.717, 1.165) is 4.31 Å². The minimum absolute atomic E-state index is 0.00145. The molecule has 0 fully saturated rings. The van der Waals surface area contributed by atoms with Crippen LogP contribution in [0.25, 0.3) is 0 Å². The molecule has 0 aliphatic rings. The average Bonchev–Trinajstić information content (AvgIpc) is 3.00. The number of nitrogens with zero attached hydrogens (tertiary/aromatic N) is 1. The molecule has 220 valence electrons. The van der Waals surface area contributed by atoms with Gasteiger partial charge in [-0.2, -0.15) is 0 Å². The van der Waals surface area contributed by atoms with Crippen LogP contribution in [-0.2, 0) is 24.8 Å². The van der Waals surface area contributed by atoms with Crippen molar-refractivity contribution in [1.29, 1.82) is 0 Å². The Labute approximate surface area is 244 Å². The van der Waals surface area contributed by atoms with E-state index < -0.39 is 32.5 Å². The molecule has 0 heterocycles. The van der Waals surface area contributed by atoms with Crippen LogP contribution in [0.15, 0.2) is 107 Å². The van der Waals surface area contributed by atoms with Gasteiger partial charge in [0.2, 0.25) is 5.91 Å². The Morgan fingerprint density at radius 3 is 2.00 bits per heavy atom. The lowest BCUT2D eigenvalue weighted by Gasteiger charge is -2.25. The third-order valence-electron chi connectivity index (χ3n) is 6.07. The Morgan fingerprint density at radius 2 is 1.36 bits per heavy atom. The molecule has 0 unspecified atom stereocenters. The summed E-state index contributed by atoms with van der Waals surface area (Å²) in [7, 11) is -3.91. The maximum Gasteiger partial charge on any atom is 0.264 e. The fraction of sp³-hybridized carbons (Fsp3) is 0.138. The number of carbonyl (C=O) groups is 1. The van der Waals surface area contributed by atoms with Gasteiger partial charge < -0.3 is 19.5 Å². The molecule has 0 saturated carbocycles. The maximum absolute atomic E-state index is 13.6. The largest absolute Gasteiger partial charge is 0.497 e. The predicted molar refractivity (Wildman–Crippen MR) is 159 cm³/mol. The average molecular weight is 612 g/mol. The number of para-hydroxylation sites is 2. The molecule has 0 aliphatic heterocycles. The van der Waals surface area contributed by atoms with Gasteiger partial charge in [-0.1, -0.05) is 30.3 Å². The molecule has 2 N–H and O–H groups in total. The zero-order valence-corrected chi connectivity index (χ0v) is 24.6. The van der Waals surface area contributed by atoms with E-state index in [-0.39, 0.29) is 32.6 Å². The van der Waals surface area contributed by atoms with Gasteiger partial charge in [0.25, 0.3) is 20.0 Å². The number of methoxy groups -OCH3 is 3. The molecule has 1 amide bonds. The highest BCUT2D eigenvalue weighted by Crippen LogP contribution is 2.33. The van der Waals surface area contributed by atoms with E-state index in [9.17, 15) is 21.6 Å². The van der Waals surface area contributed by atoms with Gasteiger partial charge in [-0.05, 0) is 60.7 Å². The van der Waals surface area contributed by atoms with Crippen LogP contribution in [0.1, 0.15) is 0 Å². The number of sulfonamides is 2. The Kier molecular flexibility index (Phi) is 9.23. The Morgan fingerprint density at radius 1 is 0.714 bits per heavy atom. The molecular formula is C29H29N3O8S2. The normalized spacial score (nSPS) is 11.3. The summed E-state index contributed by atoms with van der Waals surface area (Å²) in [5.41, 5.74) is 0.625. The third kappa shape index (κ3) is 6.75. The summed E-state index contributed by atoms with van der Waals surface area (Å²) in [4.78, 5) is 13.0. The van der Waals surface area contributed by atoms with E-state index >= 15 is 0 Å². The third-order valence-corrected chi connectivity index (χ3v) is 9.23. The molecule has 42 heavy (non-hydrogen) atoms. The lowest BCUT2D eigenvalue weighted by Crippen LogP contribution is -2.38. The molecule has 4 aromatic rings. The topological polar surface area (TPSA) is 140 Å². The molecule has 0 radical (unpaired) electrons. The van der Waals surface area contributed by atoms with Gasteiger partial charge in [-0.15, -0.1) is 0 Å². The zero-order chi connectivity index (χ0) is 30.3. The standard InChI is InChI=1S/C29H29N3O8S2/c1-38-22-15-18-27(39-2)25(19-22)31-41(34,35)23-16-13-21(14-17-23)30-29(33)20-32(26-11-7-8-12-28(26)40-3)42(36,37)24-9-5-4-6-10-24/h4-19,31H,20H2,1-3H3,(H,30,33). The monoisotopic (exact) mass is 611 g/mol. The molecule has 13 heteroatoms. The first-order valence-corrected chi connectivity index (χ1v) is 15.4. The number of nitrogens with one attached hydrogen (secondary N) is 2. The summed E-state index contributed by atoms with van der Waals surface area (Å²) in [6.45, 7) is -0.575. The van der Waals surface area contributed by atoms with E-state index in [1.807, 2.05) is 0 Å². The molecule has 0 atom stereocenters. The van der Waals surface area contributed by atoms with Crippen molar-refractivity contribution in [1.82, 2.24) is 0 Å². The van der Waals surface area contributed by atoms with Gasteiger partial charge in [-0.3, -0.25) is 13.8 Å². The van der Waals surface area contributed by atoms with Crippen LogP contribution < -0.4 is 28.6 Å². The van der Waals surface area contributed by atoms with Crippen molar-refractivity contribution in [2.24, 2.45) is 0 Å². The van der Waals surface area contributed by atoms with Crippen LogP contribution in [-0.4, -0.2) is 50.6 Å². The molecule has 0 aliphatic carbocycles. The Balaban J connectivity index is 1.55. The summed E-state index contributed by atoms with van der Waals surface area (Å²) < 4.78 is 72.4. The van der Waals surface area contributed by atoms with E-state index in [4.69, 9.17) is 14.2 Å². The number of ether oxygens (including phenoxy) is 3. The van der Waals surface area contributed by atoms with Crippen LogP contribution in [0.5, 0.6) is 17.2 Å². The number of rotatable bonds is 12. The molecule has 0 spiro atoms. The molecular weight excluding hydrogens is 582 g/mol. The highest BCUT2D eigenvalue weighted by atomic mass is 32.2. The lowest BCUT2D eigenvalue weighted by atomic mass is 10.3. The van der Waals surface area contributed by atoms with E-state index in [2.05, 4.69) is 10.0 Å². The van der Waals surface area contributed by atoms with Crippen molar-refractivity contribution < 1.29 is 35.8 Å². The van der Waals surface area contributed by atoms with Crippen LogP contribution in [0, 0.1) is 0 Å². The van der Waals surface area contributed by atoms with Crippen molar-refractivity contribution in [3.63, 3.8) is 0 Å². The summed E-state index contributed by atoms with van der Waals surface area (Å²) >= 11 is 0. The molecule has 4 aromatic carbocycles. The molecule has 0 aromatic heterocycles. The SMILES string of the molecule is COc1ccc(OC)c(NS(=O)(=O)c2ccc(NC(=O)CN(c3ccccc3OC)S(=O)(=O)c3ccccc3)cc2)c1. The number of carbonyl (C=O) groups excluding carboxylic acids is 1. The molecule has 11 nitrogen and oxygen atoms in total. The fourth-order valence-electron chi connectivity index (χ4n) is 4.00. The second kappa shape index (κ2) is 12.8. The van der Waals surface area contributed by atoms with E-state index in [1.54, 1.807) is 48.5 Å². The van der Waals surface area contributed by atoms with E-state index in [0.29, 0.717) is 11.5 Å². The number of hydrogen-bond donors (Lipinski definition) is 2. The number of amides is 1. The number of hydrogen-bond acceptors (Lipinski definition) is 8. The van der Waals surface area contributed by atoms with Crippen molar-refractivity contribution in [3.05, 3.63) is 97.1 Å². The first-order valence-electron chi connectivity index (χ1n) is 12.4. The van der Waals surface area contributed by atoms with Gasteiger partial charge >= 0.3 is 0 Å². The highest BCUT2D eigenvalue weighted by molar-refractivity contribution is 7.93.